The van der Waals surface area contributed by atoms with Gasteiger partial charge in [-0.25, -0.2) is 4.84 Å². The van der Waals surface area contributed by atoms with Crippen LogP contribution in [-0.4, -0.2) is 62.7 Å². The van der Waals surface area contributed by atoms with Gasteiger partial charge in [-0.05, 0) is 57.3 Å². The molecule has 9 heteroatoms. The van der Waals surface area contributed by atoms with E-state index in [4.69, 9.17) is 15.2 Å². The molecule has 0 spiro atoms. The molecule has 0 aromatic rings. The summed E-state index contributed by atoms with van der Waals surface area (Å²) in [4.78, 5) is 28.4. The maximum Gasteiger partial charge on any atom is 0.306 e. The van der Waals surface area contributed by atoms with E-state index in [1.807, 2.05) is 12.2 Å². The number of carbonyl (C=O) groups is 2. The molecule has 1 aliphatic rings. The average molecular weight is 488 g/mol. The fourth-order valence-corrected chi connectivity index (χ4v) is 4.51. The van der Waals surface area contributed by atoms with E-state index in [1.165, 1.54) is 19.3 Å². The first-order chi connectivity index (χ1) is 16.2. The van der Waals surface area contributed by atoms with Crippen LogP contribution in [0.4, 0.5) is 0 Å². The number of aliphatic hydroxyl groups excluding tert-OH is 2. The second-order valence-corrected chi connectivity index (χ2v) is 9.39. The van der Waals surface area contributed by atoms with Crippen LogP contribution in [0.5, 0.6) is 0 Å². The van der Waals surface area contributed by atoms with Gasteiger partial charge in [-0.1, -0.05) is 44.8 Å². The predicted octanol–water partition coefficient (Wildman–Crippen LogP) is 4.11. The number of ether oxygens (including phenoxy) is 1. The first-order valence-electron chi connectivity index (χ1n) is 12.8. The zero-order valence-electron chi connectivity index (χ0n) is 20.8. The number of allylic oxidation sites excluding steroid dienone is 2. The van der Waals surface area contributed by atoms with Crippen molar-refractivity contribution in [2.24, 2.45) is 11.8 Å². The number of ketones is 1. The summed E-state index contributed by atoms with van der Waals surface area (Å²) in [5.74, 6) is -0.281. The van der Waals surface area contributed by atoms with Gasteiger partial charge < -0.3 is 14.9 Å². The minimum absolute atomic E-state index is 0.0629. The molecule has 0 aliphatic heterocycles. The van der Waals surface area contributed by atoms with Gasteiger partial charge in [-0.2, -0.15) is 0 Å². The summed E-state index contributed by atoms with van der Waals surface area (Å²) in [6.45, 7) is 3.58. The predicted molar refractivity (Wildman–Crippen MR) is 126 cm³/mol. The third kappa shape index (κ3) is 13.5. The monoisotopic (exact) mass is 487 g/mol. The molecule has 0 saturated heterocycles. The van der Waals surface area contributed by atoms with Crippen molar-refractivity contribution < 1.29 is 39.8 Å². The molecule has 1 unspecified atom stereocenters. The molecule has 9 nitrogen and oxygen atoms in total. The number of rotatable bonds is 19. The van der Waals surface area contributed by atoms with Crippen LogP contribution in [0.3, 0.4) is 0 Å². The first-order valence-corrected chi connectivity index (χ1v) is 12.8. The van der Waals surface area contributed by atoms with Gasteiger partial charge in [0.05, 0.1) is 17.6 Å². The van der Waals surface area contributed by atoms with Gasteiger partial charge in [0, 0.05) is 19.3 Å². The number of aliphatic hydroxyl groups is 2. The number of unbranched alkanes of at least 4 members (excludes halogenated alkanes) is 5. The quantitative estimate of drug-likeness (QED) is 0.0917. The maximum absolute atomic E-state index is 12.2. The van der Waals surface area contributed by atoms with Crippen LogP contribution in [0.1, 0.15) is 97.3 Å². The number of nitrogens with zero attached hydrogens (tertiary/aromatic N) is 1. The van der Waals surface area contributed by atoms with Crippen molar-refractivity contribution in [3.05, 3.63) is 12.2 Å². The van der Waals surface area contributed by atoms with E-state index in [0.29, 0.717) is 44.9 Å². The second-order valence-electron chi connectivity index (χ2n) is 9.39. The molecule has 0 radical (unpaired) electrons. The second kappa shape index (κ2) is 18.0. The molecule has 0 bridgehead atoms. The van der Waals surface area contributed by atoms with Crippen molar-refractivity contribution >= 4 is 11.8 Å². The van der Waals surface area contributed by atoms with Crippen LogP contribution in [0.15, 0.2) is 12.2 Å². The van der Waals surface area contributed by atoms with Gasteiger partial charge in [0.25, 0.3) is 0 Å². The van der Waals surface area contributed by atoms with E-state index < -0.39 is 29.7 Å². The average Bonchev–Trinajstić information content (AvgIpc) is 3.05. The van der Waals surface area contributed by atoms with Crippen LogP contribution >= 0.6 is 0 Å². The maximum atomic E-state index is 12.2. The molecule has 198 valence electrons. The Labute approximate surface area is 203 Å². The van der Waals surface area contributed by atoms with Crippen LogP contribution in [0.2, 0.25) is 0 Å². The molecular weight excluding hydrogens is 442 g/mol. The number of hydrogen-bond acceptors (Lipinski definition) is 9. The van der Waals surface area contributed by atoms with Crippen molar-refractivity contribution in [1.82, 2.24) is 5.39 Å². The number of esters is 1. The molecular formula is C25H45NO8. The van der Waals surface area contributed by atoms with Gasteiger partial charge in [-0.3, -0.25) is 20.0 Å². The molecule has 0 heterocycles. The summed E-state index contributed by atoms with van der Waals surface area (Å²) in [6, 6.07) is 0. The summed E-state index contributed by atoms with van der Waals surface area (Å²) in [6.07, 6.45) is 12.0. The minimum Gasteiger partial charge on any atom is -0.460 e. The molecule has 1 fully saturated rings. The minimum atomic E-state index is -0.606. The largest absolute Gasteiger partial charge is 0.460 e. The Bertz CT molecular complexity index is 597. The van der Waals surface area contributed by atoms with Crippen LogP contribution in [-0.2, 0) is 19.2 Å². The van der Waals surface area contributed by atoms with E-state index in [0.717, 1.165) is 12.8 Å². The highest BCUT2D eigenvalue weighted by atomic mass is 17.1. The van der Waals surface area contributed by atoms with E-state index in [-0.39, 0.29) is 30.6 Å². The molecule has 1 saturated carbocycles. The lowest BCUT2D eigenvalue weighted by atomic mass is 9.86. The number of Topliss-reactive ketones (excluding diaryl/α,β-unsaturated/α-hetero) is 1. The third-order valence-corrected chi connectivity index (χ3v) is 6.42. The van der Waals surface area contributed by atoms with Crippen LogP contribution < -0.4 is 0 Å². The molecule has 0 aromatic heterocycles. The van der Waals surface area contributed by atoms with E-state index >= 15 is 0 Å². The highest BCUT2D eigenvalue weighted by Crippen LogP contribution is 2.38. The lowest BCUT2D eigenvalue weighted by molar-refractivity contribution is -0.494. The Hall–Kier alpha value is -1.36. The lowest BCUT2D eigenvalue weighted by Gasteiger charge is -2.22. The smallest absolute Gasteiger partial charge is 0.306 e. The zero-order valence-corrected chi connectivity index (χ0v) is 20.8. The fourth-order valence-electron chi connectivity index (χ4n) is 4.51. The molecule has 1 aliphatic carbocycles. The van der Waals surface area contributed by atoms with Crippen LogP contribution in [0, 0.1) is 11.8 Å². The Morgan fingerprint density at radius 1 is 0.971 bits per heavy atom. The molecule has 0 aromatic carbocycles. The van der Waals surface area contributed by atoms with Crippen molar-refractivity contribution in [2.45, 2.75) is 116 Å². The number of carbonyl (C=O) groups excluding carboxylic acids is 2. The Balaban J connectivity index is 2.27. The number of hydrogen-bond donors (Lipinski definition) is 4. The van der Waals surface area contributed by atoms with Crippen molar-refractivity contribution in [1.29, 1.82) is 0 Å². The van der Waals surface area contributed by atoms with Gasteiger partial charge in [0.2, 0.25) is 0 Å². The van der Waals surface area contributed by atoms with Crippen molar-refractivity contribution in [3.63, 3.8) is 0 Å². The van der Waals surface area contributed by atoms with E-state index in [1.54, 1.807) is 6.92 Å². The van der Waals surface area contributed by atoms with Crippen molar-refractivity contribution in [3.8, 4) is 0 Å². The highest BCUT2D eigenvalue weighted by molar-refractivity contribution is 5.78. The highest BCUT2D eigenvalue weighted by Gasteiger charge is 2.40. The molecule has 4 N–H and O–H groups in total. The first kappa shape index (κ1) is 30.7. The summed E-state index contributed by atoms with van der Waals surface area (Å²) in [5.41, 5.74) is 0. The van der Waals surface area contributed by atoms with Gasteiger partial charge in [0.15, 0.2) is 0 Å². The van der Waals surface area contributed by atoms with E-state index in [2.05, 4.69) is 11.8 Å². The summed E-state index contributed by atoms with van der Waals surface area (Å²) >= 11 is 0. The standard InChI is InChI=1S/C25H45NO8/c1-3-4-5-6-9-12-20(27)15-16-22-21(23(28)17-24(22)29)13-10-7-8-11-14-25(30)34-19(2)18-33-26(31)32/h7,10,19,21-24,28-29,31-32H,3-6,8-9,11-18H2,1-2H3/b10-7-/t19?,21-,22-,23+,24-/m1/s1. The Morgan fingerprint density at radius 3 is 2.38 bits per heavy atom. The van der Waals surface area contributed by atoms with Gasteiger partial charge >= 0.3 is 5.97 Å². The summed E-state index contributed by atoms with van der Waals surface area (Å²) < 4.78 is 5.09. The summed E-state index contributed by atoms with van der Waals surface area (Å²) in [5, 5.41) is 37.3. The lowest BCUT2D eigenvalue weighted by Crippen LogP contribution is -2.25. The van der Waals surface area contributed by atoms with Gasteiger partial charge in [0.1, 0.15) is 18.5 Å². The molecule has 5 atom stereocenters. The topological polar surface area (TPSA) is 137 Å². The molecule has 0 amide bonds. The van der Waals surface area contributed by atoms with Gasteiger partial charge in [-0.15, -0.1) is 0 Å². The Morgan fingerprint density at radius 2 is 1.68 bits per heavy atom. The third-order valence-electron chi connectivity index (χ3n) is 6.42. The van der Waals surface area contributed by atoms with Crippen molar-refractivity contribution in [2.75, 3.05) is 6.61 Å². The summed E-state index contributed by atoms with van der Waals surface area (Å²) in [7, 11) is 0. The Kier molecular flexibility index (Phi) is 16.2. The van der Waals surface area contributed by atoms with E-state index in [9.17, 15) is 19.8 Å². The SMILES string of the molecule is CCCCCCCC(=O)CC[C@@H]1[C@@H](C/C=C\CCCC(=O)OC(C)CON(O)O)[C@@H](O)C[C@H]1O. The van der Waals surface area contributed by atoms with Crippen LogP contribution in [0.25, 0.3) is 0 Å². The normalized spacial score (nSPS) is 23.6. The molecule has 1 rings (SSSR count). The zero-order chi connectivity index (χ0) is 25.3. The molecule has 34 heavy (non-hydrogen) atoms. The fraction of sp³-hybridized carbons (Fsp3) is 0.840.